The number of aromatic carboxylic acids is 1. The molecule has 0 saturated heterocycles. The first-order valence-electron chi connectivity index (χ1n) is 8.51. The number of aryl methyl sites for hydroxylation is 1. The van der Waals surface area contributed by atoms with Gasteiger partial charge in [0.2, 0.25) is 0 Å². The van der Waals surface area contributed by atoms with Crippen molar-refractivity contribution in [1.82, 2.24) is 9.97 Å². The van der Waals surface area contributed by atoms with Crippen LogP contribution in [-0.2, 0) is 6.54 Å². The SMILES string of the molecule is Cc1nc2ccc3ccc(CNc4ccccc4C(=O)O)cc3c2c(=O)[nH]1. The number of carboxylic acids is 1. The van der Waals surface area contributed by atoms with E-state index in [1.807, 2.05) is 30.3 Å². The van der Waals surface area contributed by atoms with Crippen molar-refractivity contribution in [3.8, 4) is 0 Å². The normalized spacial score (nSPS) is 11.0. The van der Waals surface area contributed by atoms with Crippen molar-refractivity contribution in [3.05, 3.63) is 81.9 Å². The van der Waals surface area contributed by atoms with Gasteiger partial charge in [-0.05, 0) is 47.5 Å². The number of rotatable bonds is 4. The summed E-state index contributed by atoms with van der Waals surface area (Å²) in [5.41, 5.74) is 2.21. The van der Waals surface area contributed by atoms with Gasteiger partial charge in [-0.3, -0.25) is 4.79 Å². The third kappa shape index (κ3) is 3.13. The zero-order valence-corrected chi connectivity index (χ0v) is 14.6. The lowest BCUT2D eigenvalue weighted by Gasteiger charge is -2.11. The van der Waals surface area contributed by atoms with Crippen LogP contribution in [0.4, 0.5) is 5.69 Å². The summed E-state index contributed by atoms with van der Waals surface area (Å²) in [6.45, 7) is 2.19. The molecule has 0 aliphatic carbocycles. The van der Waals surface area contributed by atoms with Gasteiger partial charge in [0.25, 0.3) is 5.56 Å². The molecule has 0 unspecified atom stereocenters. The van der Waals surface area contributed by atoms with Crippen LogP contribution >= 0.6 is 0 Å². The molecular weight excluding hydrogens is 342 g/mol. The van der Waals surface area contributed by atoms with Crippen molar-refractivity contribution in [2.45, 2.75) is 13.5 Å². The number of nitrogens with one attached hydrogen (secondary N) is 2. The third-order valence-corrected chi connectivity index (χ3v) is 4.51. The molecule has 0 atom stereocenters. The number of carboxylic acid groups (broad SMARTS) is 1. The Kier molecular flexibility index (Phi) is 4.08. The number of hydrogen-bond donors (Lipinski definition) is 3. The van der Waals surface area contributed by atoms with E-state index in [1.165, 1.54) is 0 Å². The van der Waals surface area contributed by atoms with E-state index in [0.29, 0.717) is 29.0 Å². The van der Waals surface area contributed by atoms with Crippen LogP contribution < -0.4 is 10.9 Å². The van der Waals surface area contributed by atoms with E-state index in [-0.39, 0.29) is 11.1 Å². The van der Waals surface area contributed by atoms with Gasteiger partial charge >= 0.3 is 5.97 Å². The number of H-pyrrole nitrogens is 1. The van der Waals surface area contributed by atoms with Crippen LogP contribution in [0.2, 0.25) is 0 Å². The van der Waals surface area contributed by atoms with E-state index in [2.05, 4.69) is 15.3 Å². The van der Waals surface area contributed by atoms with Crippen LogP contribution in [0.5, 0.6) is 0 Å². The molecule has 0 aliphatic heterocycles. The number of anilines is 1. The minimum absolute atomic E-state index is 0.163. The molecule has 0 fully saturated rings. The fourth-order valence-electron chi connectivity index (χ4n) is 3.25. The summed E-state index contributed by atoms with van der Waals surface area (Å²) in [5.74, 6) is -0.398. The van der Waals surface area contributed by atoms with Gasteiger partial charge in [-0.2, -0.15) is 0 Å². The lowest BCUT2D eigenvalue weighted by Crippen LogP contribution is -2.10. The Hall–Kier alpha value is -3.67. The summed E-state index contributed by atoms with van der Waals surface area (Å²) >= 11 is 0. The highest BCUT2D eigenvalue weighted by atomic mass is 16.4. The van der Waals surface area contributed by atoms with Crippen LogP contribution in [-0.4, -0.2) is 21.0 Å². The number of fused-ring (bicyclic) bond motifs is 3. The molecule has 4 rings (SSSR count). The Morgan fingerprint density at radius 2 is 1.93 bits per heavy atom. The first-order chi connectivity index (χ1) is 13.0. The lowest BCUT2D eigenvalue weighted by molar-refractivity contribution is 0.0698. The second-order valence-corrected chi connectivity index (χ2v) is 6.37. The smallest absolute Gasteiger partial charge is 0.337 e. The molecule has 134 valence electrons. The minimum Gasteiger partial charge on any atom is -0.478 e. The van der Waals surface area contributed by atoms with Crippen molar-refractivity contribution >= 4 is 33.3 Å². The molecule has 6 nitrogen and oxygen atoms in total. The van der Waals surface area contributed by atoms with Crippen molar-refractivity contribution in [2.24, 2.45) is 0 Å². The molecule has 1 aromatic heterocycles. The van der Waals surface area contributed by atoms with E-state index < -0.39 is 5.97 Å². The summed E-state index contributed by atoms with van der Waals surface area (Å²) < 4.78 is 0. The van der Waals surface area contributed by atoms with E-state index in [1.54, 1.807) is 31.2 Å². The Morgan fingerprint density at radius 3 is 2.74 bits per heavy atom. The Balaban J connectivity index is 1.75. The first-order valence-corrected chi connectivity index (χ1v) is 8.51. The third-order valence-electron chi connectivity index (χ3n) is 4.51. The van der Waals surface area contributed by atoms with Crippen molar-refractivity contribution in [2.75, 3.05) is 5.32 Å². The quantitative estimate of drug-likeness (QED) is 0.483. The number of carbonyl (C=O) groups is 1. The zero-order chi connectivity index (χ0) is 19.0. The number of hydrogen-bond acceptors (Lipinski definition) is 4. The second kappa shape index (κ2) is 6.57. The Bertz CT molecular complexity index is 1240. The molecule has 1 heterocycles. The minimum atomic E-state index is -0.976. The van der Waals surface area contributed by atoms with Gasteiger partial charge in [0.05, 0.1) is 16.5 Å². The van der Waals surface area contributed by atoms with Crippen LogP contribution in [0.25, 0.3) is 21.7 Å². The fraction of sp³-hybridized carbons (Fsp3) is 0.0952. The average Bonchev–Trinajstić information content (AvgIpc) is 2.65. The largest absolute Gasteiger partial charge is 0.478 e. The van der Waals surface area contributed by atoms with Crippen molar-refractivity contribution in [3.63, 3.8) is 0 Å². The van der Waals surface area contributed by atoms with Gasteiger partial charge in [-0.1, -0.05) is 30.3 Å². The van der Waals surface area contributed by atoms with Crippen molar-refractivity contribution in [1.29, 1.82) is 0 Å². The van der Waals surface area contributed by atoms with Gasteiger partial charge in [0.1, 0.15) is 5.82 Å². The predicted molar refractivity (Wildman–Crippen MR) is 105 cm³/mol. The number of aromatic nitrogens is 2. The van der Waals surface area contributed by atoms with Crippen LogP contribution in [0.15, 0.2) is 59.4 Å². The molecule has 6 heteroatoms. The maximum Gasteiger partial charge on any atom is 0.337 e. The van der Waals surface area contributed by atoms with Gasteiger partial charge in [-0.25, -0.2) is 9.78 Å². The molecule has 0 spiro atoms. The molecule has 0 saturated carbocycles. The molecule has 3 aromatic carbocycles. The number of nitrogens with zero attached hydrogens (tertiary/aromatic N) is 1. The van der Waals surface area contributed by atoms with E-state index >= 15 is 0 Å². The van der Waals surface area contributed by atoms with Crippen molar-refractivity contribution < 1.29 is 9.90 Å². The predicted octanol–water partition coefficient (Wildman–Crippen LogP) is 3.70. The zero-order valence-electron chi connectivity index (χ0n) is 14.6. The molecule has 4 aromatic rings. The summed E-state index contributed by atoms with van der Waals surface area (Å²) in [6.07, 6.45) is 0. The first kappa shape index (κ1) is 16.8. The van der Waals surface area contributed by atoms with Gasteiger partial charge in [0, 0.05) is 12.2 Å². The number of aromatic amines is 1. The summed E-state index contributed by atoms with van der Waals surface area (Å²) in [5, 5.41) is 14.8. The van der Waals surface area contributed by atoms with Crippen LogP contribution in [0.1, 0.15) is 21.7 Å². The fourth-order valence-corrected chi connectivity index (χ4v) is 3.25. The molecule has 0 radical (unpaired) electrons. The molecule has 3 N–H and O–H groups in total. The number of para-hydroxylation sites is 1. The maximum atomic E-state index is 12.4. The van der Waals surface area contributed by atoms with Gasteiger partial charge < -0.3 is 15.4 Å². The molecular formula is C21H17N3O3. The standard InChI is InChI=1S/C21H17N3O3/c1-12-23-18-9-8-14-7-6-13(10-16(14)19(18)20(25)24-12)11-22-17-5-3-2-4-15(17)21(26)27/h2-10,22H,11H2,1H3,(H,26,27)(H,23,24,25). The molecule has 0 aliphatic rings. The Morgan fingerprint density at radius 1 is 1.15 bits per heavy atom. The number of benzene rings is 3. The second-order valence-electron chi connectivity index (χ2n) is 6.37. The summed E-state index contributed by atoms with van der Waals surface area (Å²) in [4.78, 5) is 30.9. The highest BCUT2D eigenvalue weighted by Gasteiger charge is 2.10. The van der Waals surface area contributed by atoms with Crippen LogP contribution in [0, 0.1) is 6.92 Å². The molecule has 27 heavy (non-hydrogen) atoms. The topological polar surface area (TPSA) is 95.1 Å². The highest BCUT2D eigenvalue weighted by Crippen LogP contribution is 2.24. The summed E-state index contributed by atoms with van der Waals surface area (Å²) in [7, 11) is 0. The lowest BCUT2D eigenvalue weighted by atomic mass is 10.0. The van der Waals surface area contributed by atoms with Crippen LogP contribution in [0.3, 0.4) is 0 Å². The van der Waals surface area contributed by atoms with Gasteiger partial charge in [-0.15, -0.1) is 0 Å². The average molecular weight is 359 g/mol. The van der Waals surface area contributed by atoms with E-state index in [0.717, 1.165) is 16.3 Å². The highest BCUT2D eigenvalue weighted by molar-refractivity contribution is 6.05. The summed E-state index contributed by atoms with van der Waals surface area (Å²) in [6, 6.07) is 16.4. The molecule has 0 bridgehead atoms. The van der Waals surface area contributed by atoms with Gasteiger partial charge in [0.15, 0.2) is 0 Å². The Labute approximate surface area is 154 Å². The van der Waals surface area contributed by atoms with E-state index in [9.17, 15) is 14.7 Å². The maximum absolute atomic E-state index is 12.4. The monoisotopic (exact) mass is 359 g/mol. The molecule has 0 amide bonds. The van der Waals surface area contributed by atoms with E-state index in [4.69, 9.17) is 0 Å².